The van der Waals surface area contributed by atoms with Crippen LogP contribution < -0.4 is 9.47 Å². The van der Waals surface area contributed by atoms with Crippen LogP contribution >= 0.6 is 0 Å². The largest absolute Gasteiger partial charge is 0.460 e. The van der Waals surface area contributed by atoms with Gasteiger partial charge in [-0.1, -0.05) is 67.4 Å². The topological polar surface area (TPSA) is 157 Å². The van der Waals surface area contributed by atoms with Crippen molar-refractivity contribution in [3.8, 4) is 17.2 Å². The van der Waals surface area contributed by atoms with Crippen molar-refractivity contribution >= 4 is 32.9 Å². The molecule has 0 saturated heterocycles. The van der Waals surface area contributed by atoms with E-state index in [0.717, 1.165) is 43.1 Å². The molecule has 1 saturated carbocycles. The van der Waals surface area contributed by atoms with Gasteiger partial charge < -0.3 is 29.3 Å². The number of hydrogen-bond donors (Lipinski definition) is 2. The summed E-state index contributed by atoms with van der Waals surface area (Å²) in [7, 11) is -4.30. The fourth-order valence-electron chi connectivity index (χ4n) is 9.74. The van der Waals surface area contributed by atoms with Crippen molar-refractivity contribution < 1.29 is 42.5 Å². The summed E-state index contributed by atoms with van der Waals surface area (Å²) in [4.78, 5) is 22.6. The van der Waals surface area contributed by atoms with Crippen molar-refractivity contribution in [2.45, 2.75) is 107 Å². The molecule has 7 rings (SSSR count). The molecule has 4 aromatic rings. The average molecular weight is 880 g/mol. The van der Waals surface area contributed by atoms with Crippen LogP contribution in [0.25, 0.3) is 10.9 Å². The van der Waals surface area contributed by atoms with E-state index in [1.165, 1.54) is 4.31 Å². The van der Waals surface area contributed by atoms with Crippen molar-refractivity contribution in [2.75, 3.05) is 26.4 Å². The Morgan fingerprint density at radius 2 is 1.73 bits per heavy atom. The number of pyridine rings is 1. The number of allylic oxidation sites excluding steroid dienone is 1. The molecule has 0 spiro atoms. The summed E-state index contributed by atoms with van der Waals surface area (Å²) in [5, 5.41) is 25.5. The number of benzene rings is 3. The second-order valence-corrected chi connectivity index (χ2v) is 19.6. The Kier molecular flexibility index (Phi) is 14.5. The first-order valence-corrected chi connectivity index (χ1v) is 23.7. The molecule has 12 nitrogen and oxygen atoms in total. The summed E-state index contributed by atoms with van der Waals surface area (Å²) in [6, 6.07) is 20.5. The van der Waals surface area contributed by atoms with Gasteiger partial charge in [0, 0.05) is 54.8 Å². The first-order chi connectivity index (χ1) is 30.4. The van der Waals surface area contributed by atoms with Crippen LogP contribution in [0.5, 0.6) is 17.2 Å². The molecular formula is C50H61N3O9S. The molecule has 1 aliphatic heterocycles. The Morgan fingerprint density at radius 1 is 0.984 bits per heavy atom. The molecule has 6 atom stereocenters. The Balaban J connectivity index is 1.50. The molecule has 1 aromatic heterocycles. The predicted molar refractivity (Wildman–Crippen MR) is 244 cm³/mol. The number of sulfonamides is 1. The van der Waals surface area contributed by atoms with Gasteiger partial charge in [-0.3, -0.25) is 9.78 Å². The van der Waals surface area contributed by atoms with E-state index in [0.29, 0.717) is 58.7 Å². The number of ether oxygens (including phenoxy) is 3. The number of aldehydes is 1. The number of carbonyl (C=O) groups is 1. The summed E-state index contributed by atoms with van der Waals surface area (Å²) in [6.07, 6.45) is 11.2. The third-order valence-corrected chi connectivity index (χ3v) is 14.2. The molecule has 3 aliphatic rings. The van der Waals surface area contributed by atoms with E-state index in [1.54, 1.807) is 54.7 Å². The molecule has 2 heterocycles. The smallest absolute Gasteiger partial charge is 0.245 e. The average Bonchev–Trinajstić information content (AvgIpc) is 3.27. The van der Waals surface area contributed by atoms with Crippen LogP contribution in [0.15, 0.2) is 113 Å². The van der Waals surface area contributed by atoms with E-state index in [1.807, 2.05) is 58.0 Å². The van der Waals surface area contributed by atoms with Crippen LogP contribution in [0.4, 0.5) is 0 Å². The lowest BCUT2D eigenvalue weighted by molar-refractivity contribution is -0.251. The fourth-order valence-corrected chi connectivity index (χ4v) is 11.6. The number of unbranched alkanes of at least 4 members (excludes halogenated alkanes) is 2. The number of aliphatic hydroxyl groups is 2. The lowest BCUT2D eigenvalue weighted by atomic mass is 9.55. The maximum absolute atomic E-state index is 15.5. The molecule has 3 aromatic carbocycles. The summed E-state index contributed by atoms with van der Waals surface area (Å²) >= 11 is 0. The number of carbonyl (C=O) groups excluding carboxylic acids is 1. The Bertz CT molecular complexity index is 2420. The van der Waals surface area contributed by atoms with Gasteiger partial charge in [-0.2, -0.15) is 4.31 Å². The maximum atomic E-state index is 15.5. The van der Waals surface area contributed by atoms with Gasteiger partial charge in [-0.25, -0.2) is 8.42 Å². The quantitative estimate of drug-likeness (QED) is 0.0380. The molecule has 63 heavy (non-hydrogen) atoms. The Labute approximate surface area is 371 Å². The first-order valence-electron chi connectivity index (χ1n) is 22.2. The molecule has 336 valence electrons. The number of nitrogens with zero attached hydrogens (tertiary/aromatic N) is 3. The molecule has 0 radical (unpaired) electrons. The Morgan fingerprint density at radius 3 is 2.46 bits per heavy atom. The third kappa shape index (κ3) is 9.63. The summed E-state index contributed by atoms with van der Waals surface area (Å²) in [5.74, 6) is -0.967. The first kappa shape index (κ1) is 46.1. The van der Waals surface area contributed by atoms with Gasteiger partial charge in [0.05, 0.1) is 29.8 Å². The van der Waals surface area contributed by atoms with Crippen LogP contribution in [0.3, 0.4) is 0 Å². The summed E-state index contributed by atoms with van der Waals surface area (Å²) in [5.41, 5.74) is 2.54. The number of aliphatic hydroxyl groups excluding tert-OH is 2. The zero-order chi connectivity index (χ0) is 44.8. The Hall–Kier alpha value is -4.92. The zero-order valence-corrected chi connectivity index (χ0v) is 37.6. The second kappa shape index (κ2) is 19.9. The lowest BCUT2D eigenvalue weighted by Gasteiger charge is -2.59. The van der Waals surface area contributed by atoms with E-state index < -0.39 is 33.4 Å². The van der Waals surface area contributed by atoms with E-state index in [-0.39, 0.29) is 55.4 Å². The van der Waals surface area contributed by atoms with Gasteiger partial charge in [0.2, 0.25) is 15.8 Å². The van der Waals surface area contributed by atoms with E-state index in [9.17, 15) is 15.0 Å². The van der Waals surface area contributed by atoms with Gasteiger partial charge in [-0.05, 0) is 113 Å². The molecule has 13 heteroatoms. The summed E-state index contributed by atoms with van der Waals surface area (Å²) < 4.78 is 53.5. The minimum Gasteiger partial charge on any atom is -0.460 e. The number of hydrogen-bond acceptors (Lipinski definition) is 11. The molecule has 0 unspecified atom stereocenters. The molecule has 0 bridgehead atoms. The number of fused-ring (bicyclic) bond motifs is 3. The van der Waals surface area contributed by atoms with Crippen molar-refractivity contribution in [3.05, 3.63) is 114 Å². The number of para-hydroxylation sites is 1. The van der Waals surface area contributed by atoms with Crippen LogP contribution in [-0.4, -0.2) is 83.7 Å². The van der Waals surface area contributed by atoms with E-state index >= 15 is 8.42 Å². The minimum absolute atomic E-state index is 0.0111. The number of rotatable bonds is 20. The summed E-state index contributed by atoms with van der Waals surface area (Å²) in [6.45, 7) is 12.1. The van der Waals surface area contributed by atoms with Crippen molar-refractivity contribution in [3.63, 3.8) is 0 Å². The highest BCUT2D eigenvalue weighted by molar-refractivity contribution is 7.89. The zero-order valence-electron chi connectivity index (χ0n) is 36.8. The van der Waals surface area contributed by atoms with Gasteiger partial charge >= 0.3 is 0 Å². The minimum atomic E-state index is -4.30. The molecule has 1 fully saturated rings. The molecular weight excluding hydrogens is 819 g/mol. The number of aromatic nitrogens is 1. The van der Waals surface area contributed by atoms with Gasteiger partial charge in [0.1, 0.15) is 34.0 Å². The fraction of sp³-hybridized carbons (Fsp3) is 0.460. The highest BCUT2D eigenvalue weighted by Gasteiger charge is 2.66. The van der Waals surface area contributed by atoms with Crippen molar-refractivity contribution in [2.24, 2.45) is 22.9 Å². The van der Waals surface area contributed by atoms with Crippen molar-refractivity contribution in [1.82, 2.24) is 9.29 Å². The van der Waals surface area contributed by atoms with Gasteiger partial charge in [0.15, 0.2) is 0 Å². The normalized spacial score (nSPS) is 23.7. The van der Waals surface area contributed by atoms with Crippen LogP contribution in [0, 0.1) is 17.8 Å². The maximum Gasteiger partial charge on any atom is 0.245 e. The highest BCUT2D eigenvalue weighted by Crippen LogP contribution is 2.62. The standard InChI is InChI=1S/C50H61N3O9S/c1-6-25-53(63(57,58)44-21-13-17-35-18-14-24-51-48(35)44)45-32-42(52-62-49(3,4)5)40-30-36(16-8-10-26-54)39(20-9-11-27-55)46-41-31-38(60-37-19-12-15-34(29-37)33-56)22-23-43(41)61-50(45,47(40)46)59-28-7-2/h7,12-15,17-19,21-24,29-31,33,36,39,45-47,54-55H,2,6,8-11,16,20,25-28,32H2,1,3-5H3/t36-,39+,45-,46+,47+,50+/m0/s1. The molecule has 2 aliphatic carbocycles. The molecule has 0 amide bonds. The molecule has 2 N–H and O–H groups in total. The lowest BCUT2D eigenvalue weighted by Crippen LogP contribution is -2.70. The van der Waals surface area contributed by atoms with Crippen LogP contribution in [-0.2, 0) is 19.6 Å². The van der Waals surface area contributed by atoms with Crippen LogP contribution in [0.2, 0.25) is 0 Å². The van der Waals surface area contributed by atoms with Crippen molar-refractivity contribution in [1.29, 1.82) is 0 Å². The monoisotopic (exact) mass is 879 g/mol. The van der Waals surface area contributed by atoms with Crippen LogP contribution in [0.1, 0.15) is 101 Å². The van der Waals surface area contributed by atoms with E-state index in [2.05, 4.69) is 17.6 Å². The highest BCUT2D eigenvalue weighted by atomic mass is 32.2. The van der Waals surface area contributed by atoms with Gasteiger partial charge in [-0.15, -0.1) is 6.58 Å². The predicted octanol–water partition coefficient (Wildman–Crippen LogP) is 9.37. The third-order valence-electron chi connectivity index (χ3n) is 12.3. The van der Waals surface area contributed by atoms with E-state index in [4.69, 9.17) is 24.2 Å². The second-order valence-electron chi connectivity index (χ2n) is 17.7. The number of oxime groups is 1. The SMILES string of the molecule is C=CCO[C@@]12Oc3ccc(Oc4cccc(C=O)c4)cc3[C@H]3[C@H](CCCCO)[C@@H](CCCCO)C=C(C(=NOC(C)(C)C)C[C@@H]1N(CCC)S(=O)(=O)c1cccc4cccnc14)[C@H]32. The van der Waals surface area contributed by atoms with Gasteiger partial charge in [0.25, 0.3) is 0 Å².